The molecule has 7 heteroatoms. The minimum atomic E-state index is -0.713. The van der Waals surface area contributed by atoms with E-state index < -0.39 is 23.2 Å². The highest BCUT2D eigenvalue weighted by Crippen LogP contribution is 2.12. The molecule has 0 saturated carbocycles. The fourth-order valence-electron chi connectivity index (χ4n) is 1.40. The van der Waals surface area contributed by atoms with E-state index in [9.17, 15) is 14.4 Å². The van der Waals surface area contributed by atoms with E-state index >= 15 is 0 Å². The monoisotopic (exact) mass is 282 g/mol. The van der Waals surface area contributed by atoms with Crippen LogP contribution in [0.2, 0.25) is 0 Å². The van der Waals surface area contributed by atoms with Gasteiger partial charge in [0.1, 0.15) is 11.4 Å². The topological polar surface area (TPSA) is 86.6 Å². The largest absolute Gasteiger partial charge is 0.465 e. The Morgan fingerprint density at radius 3 is 2.35 bits per heavy atom. The van der Waals surface area contributed by atoms with Crippen molar-refractivity contribution in [3.05, 3.63) is 28.0 Å². The normalized spacial score (nSPS) is 10.8. The van der Waals surface area contributed by atoms with Crippen molar-refractivity contribution >= 4 is 17.9 Å². The number of anilines is 1. The Bertz CT molecular complexity index is 583. The number of methoxy groups -OCH3 is 1. The molecule has 0 aliphatic carbocycles. The van der Waals surface area contributed by atoms with Crippen LogP contribution in [0.1, 0.15) is 31.1 Å². The Kier molecular flexibility index (Phi) is 4.54. The van der Waals surface area contributed by atoms with Crippen LogP contribution in [0.5, 0.6) is 0 Å². The molecule has 0 fully saturated rings. The smallest absolute Gasteiger partial charge is 0.413 e. The first-order valence-electron chi connectivity index (χ1n) is 5.93. The minimum absolute atomic E-state index is 0.0571. The van der Waals surface area contributed by atoms with Gasteiger partial charge in [0.2, 0.25) is 0 Å². The summed E-state index contributed by atoms with van der Waals surface area (Å²) in [5.74, 6) is -0.512. The first kappa shape index (κ1) is 15.7. The van der Waals surface area contributed by atoms with Crippen molar-refractivity contribution < 1.29 is 19.1 Å². The lowest BCUT2D eigenvalue weighted by atomic mass is 10.2. The molecule has 0 bridgehead atoms. The molecule has 20 heavy (non-hydrogen) atoms. The van der Waals surface area contributed by atoms with E-state index in [4.69, 9.17) is 4.74 Å². The van der Waals surface area contributed by atoms with E-state index in [0.717, 1.165) is 6.07 Å². The number of pyridine rings is 1. The summed E-state index contributed by atoms with van der Waals surface area (Å²) in [7, 11) is 2.68. The molecule has 1 heterocycles. The molecule has 7 nitrogen and oxygen atoms in total. The molecular weight excluding hydrogens is 264 g/mol. The second kappa shape index (κ2) is 5.77. The summed E-state index contributed by atoms with van der Waals surface area (Å²) in [5, 5.41) is 2.42. The van der Waals surface area contributed by atoms with Crippen LogP contribution in [0.15, 0.2) is 16.9 Å². The van der Waals surface area contributed by atoms with E-state index in [-0.39, 0.29) is 11.4 Å². The van der Waals surface area contributed by atoms with Crippen LogP contribution in [0.3, 0.4) is 0 Å². The number of hydrogen-bond acceptors (Lipinski definition) is 5. The molecule has 1 aromatic heterocycles. The van der Waals surface area contributed by atoms with Crippen molar-refractivity contribution in [3.63, 3.8) is 0 Å². The molecule has 0 spiro atoms. The summed E-state index contributed by atoms with van der Waals surface area (Å²) in [6.45, 7) is 5.16. The number of hydrogen-bond donors (Lipinski definition) is 1. The second-order valence-electron chi connectivity index (χ2n) is 5.14. The summed E-state index contributed by atoms with van der Waals surface area (Å²) < 4.78 is 10.8. The fourth-order valence-corrected chi connectivity index (χ4v) is 1.40. The Morgan fingerprint density at radius 2 is 1.85 bits per heavy atom. The van der Waals surface area contributed by atoms with Crippen molar-refractivity contribution in [2.75, 3.05) is 12.4 Å². The molecule has 110 valence electrons. The van der Waals surface area contributed by atoms with Crippen molar-refractivity contribution in [3.8, 4) is 0 Å². The highest BCUT2D eigenvalue weighted by atomic mass is 16.6. The zero-order valence-corrected chi connectivity index (χ0v) is 12.1. The van der Waals surface area contributed by atoms with Gasteiger partial charge in [0.15, 0.2) is 0 Å². The predicted octanol–water partition coefficient (Wildman–Crippen LogP) is 1.52. The predicted molar refractivity (Wildman–Crippen MR) is 72.9 cm³/mol. The number of nitrogens with one attached hydrogen (secondary N) is 1. The summed E-state index contributed by atoms with van der Waals surface area (Å²) in [5.41, 5.74) is -1.05. The van der Waals surface area contributed by atoms with Crippen LogP contribution >= 0.6 is 0 Å². The Morgan fingerprint density at radius 1 is 1.25 bits per heavy atom. The number of amides is 1. The van der Waals surface area contributed by atoms with Crippen LogP contribution in [0.4, 0.5) is 10.6 Å². The van der Waals surface area contributed by atoms with Gasteiger partial charge in [-0.15, -0.1) is 0 Å². The number of aromatic nitrogens is 1. The Balaban J connectivity index is 3.06. The first-order valence-corrected chi connectivity index (χ1v) is 5.93. The number of esters is 1. The number of nitrogens with zero attached hydrogens (tertiary/aromatic N) is 1. The standard InChI is InChI=1S/C13H18N2O5/c1-13(2,3)20-12(18)14-9-6-8(11(17)19-5)7-10(16)15(9)4/h6-7H,1-5H3,(H,14,18). The van der Waals surface area contributed by atoms with Gasteiger partial charge in [0.25, 0.3) is 5.56 Å². The number of carbonyl (C=O) groups is 2. The third kappa shape index (κ3) is 4.11. The van der Waals surface area contributed by atoms with Crippen molar-refractivity contribution in [1.82, 2.24) is 4.57 Å². The highest BCUT2D eigenvalue weighted by molar-refractivity contribution is 5.91. The van der Waals surface area contributed by atoms with Gasteiger partial charge < -0.3 is 9.47 Å². The maximum Gasteiger partial charge on any atom is 0.413 e. The second-order valence-corrected chi connectivity index (χ2v) is 5.14. The Hall–Kier alpha value is -2.31. The number of rotatable bonds is 2. The molecular formula is C13H18N2O5. The van der Waals surface area contributed by atoms with Gasteiger partial charge in [-0.2, -0.15) is 0 Å². The Labute approximate surface area is 116 Å². The van der Waals surface area contributed by atoms with E-state index in [0.29, 0.717) is 0 Å². The van der Waals surface area contributed by atoms with Gasteiger partial charge >= 0.3 is 12.1 Å². The van der Waals surface area contributed by atoms with Gasteiger partial charge in [0, 0.05) is 13.1 Å². The van der Waals surface area contributed by atoms with Crippen LogP contribution in [-0.2, 0) is 16.5 Å². The van der Waals surface area contributed by atoms with Crippen molar-refractivity contribution in [1.29, 1.82) is 0 Å². The van der Waals surface area contributed by atoms with Gasteiger partial charge in [-0.25, -0.2) is 9.59 Å². The average molecular weight is 282 g/mol. The van der Waals surface area contributed by atoms with E-state index in [1.807, 2.05) is 0 Å². The third-order valence-electron chi connectivity index (χ3n) is 2.31. The molecule has 1 N–H and O–H groups in total. The summed E-state index contributed by atoms with van der Waals surface area (Å²) in [4.78, 5) is 34.8. The molecule has 0 aromatic carbocycles. The van der Waals surface area contributed by atoms with Crippen LogP contribution in [0.25, 0.3) is 0 Å². The molecule has 0 aliphatic rings. The SMILES string of the molecule is COC(=O)c1cc(NC(=O)OC(C)(C)C)n(C)c(=O)c1. The van der Waals surface area contributed by atoms with Gasteiger partial charge in [-0.1, -0.05) is 0 Å². The van der Waals surface area contributed by atoms with Crippen molar-refractivity contribution in [2.45, 2.75) is 26.4 Å². The molecule has 1 aromatic rings. The molecule has 1 amide bonds. The molecule has 0 saturated heterocycles. The summed E-state index contributed by atoms with van der Waals surface area (Å²) in [6, 6.07) is 2.48. The molecule has 0 aliphatic heterocycles. The summed E-state index contributed by atoms with van der Waals surface area (Å²) in [6.07, 6.45) is -0.713. The first-order chi connectivity index (χ1) is 9.14. The van der Waals surface area contributed by atoms with Crippen molar-refractivity contribution in [2.24, 2.45) is 7.05 Å². The van der Waals surface area contributed by atoms with Crippen LogP contribution in [-0.4, -0.2) is 29.3 Å². The maximum absolute atomic E-state index is 11.7. The molecule has 0 unspecified atom stereocenters. The summed E-state index contributed by atoms with van der Waals surface area (Å²) >= 11 is 0. The van der Waals surface area contributed by atoms with Gasteiger partial charge in [-0.3, -0.25) is 14.7 Å². The zero-order valence-electron chi connectivity index (χ0n) is 12.1. The lowest BCUT2D eigenvalue weighted by Gasteiger charge is -2.20. The highest BCUT2D eigenvalue weighted by Gasteiger charge is 2.18. The van der Waals surface area contributed by atoms with Gasteiger partial charge in [0.05, 0.1) is 12.7 Å². The molecule has 0 radical (unpaired) electrons. The lowest BCUT2D eigenvalue weighted by Crippen LogP contribution is -2.30. The molecule has 1 rings (SSSR count). The molecule has 0 atom stereocenters. The number of carbonyl (C=O) groups excluding carboxylic acids is 2. The quantitative estimate of drug-likeness (QED) is 0.831. The lowest BCUT2D eigenvalue weighted by molar-refractivity contribution is 0.0595. The minimum Gasteiger partial charge on any atom is -0.465 e. The number of ether oxygens (including phenoxy) is 2. The van der Waals surface area contributed by atoms with E-state index in [1.165, 1.54) is 24.8 Å². The average Bonchev–Trinajstić information content (AvgIpc) is 2.31. The van der Waals surface area contributed by atoms with E-state index in [1.54, 1.807) is 20.8 Å². The van der Waals surface area contributed by atoms with E-state index in [2.05, 4.69) is 10.1 Å². The van der Waals surface area contributed by atoms with Crippen LogP contribution in [0, 0.1) is 0 Å². The third-order valence-corrected chi connectivity index (χ3v) is 2.31. The zero-order chi connectivity index (χ0) is 15.5. The van der Waals surface area contributed by atoms with Crippen LogP contribution < -0.4 is 10.9 Å². The van der Waals surface area contributed by atoms with Gasteiger partial charge in [-0.05, 0) is 26.8 Å². The fraction of sp³-hybridized carbons (Fsp3) is 0.462. The maximum atomic E-state index is 11.7.